The van der Waals surface area contributed by atoms with Crippen LogP contribution in [0.5, 0.6) is 0 Å². The molecule has 12 heavy (non-hydrogen) atoms. The van der Waals surface area contributed by atoms with Crippen molar-refractivity contribution in [1.29, 1.82) is 0 Å². The summed E-state index contributed by atoms with van der Waals surface area (Å²) < 4.78 is 0. The first kappa shape index (κ1) is 8.53. The van der Waals surface area contributed by atoms with Crippen molar-refractivity contribution >= 4 is 23.1 Å². The Morgan fingerprint density at radius 2 is 2.58 bits per heavy atom. The standard InChI is InChI=1S/C8H12N2S2/c1-6-8(9,2-4-11-6)7-10-3-5-12-7/h3,5-6H,2,4,9H2,1H3. The third-order valence-electron chi connectivity index (χ3n) is 2.44. The number of rotatable bonds is 1. The van der Waals surface area contributed by atoms with Crippen LogP contribution in [0.15, 0.2) is 11.6 Å². The molecule has 1 aromatic heterocycles. The van der Waals surface area contributed by atoms with Crippen molar-refractivity contribution in [3.63, 3.8) is 0 Å². The van der Waals surface area contributed by atoms with Crippen molar-refractivity contribution in [2.45, 2.75) is 24.1 Å². The van der Waals surface area contributed by atoms with E-state index in [0.717, 1.165) is 17.2 Å². The number of nitrogens with two attached hydrogens (primary N) is 1. The molecule has 1 saturated heterocycles. The van der Waals surface area contributed by atoms with E-state index in [9.17, 15) is 0 Å². The van der Waals surface area contributed by atoms with Gasteiger partial charge in [-0.3, -0.25) is 0 Å². The van der Waals surface area contributed by atoms with Crippen LogP contribution in [-0.2, 0) is 5.54 Å². The van der Waals surface area contributed by atoms with Gasteiger partial charge >= 0.3 is 0 Å². The van der Waals surface area contributed by atoms with Crippen LogP contribution in [-0.4, -0.2) is 16.0 Å². The van der Waals surface area contributed by atoms with Crippen LogP contribution in [0.2, 0.25) is 0 Å². The van der Waals surface area contributed by atoms with Crippen molar-refractivity contribution in [3.8, 4) is 0 Å². The molecule has 2 N–H and O–H groups in total. The van der Waals surface area contributed by atoms with Crippen LogP contribution in [0.25, 0.3) is 0 Å². The van der Waals surface area contributed by atoms with E-state index in [-0.39, 0.29) is 5.54 Å². The van der Waals surface area contributed by atoms with E-state index in [1.165, 1.54) is 0 Å². The molecule has 0 aliphatic carbocycles. The fourth-order valence-corrected chi connectivity index (χ4v) is 3.77. The zero-order chi connectivity index (χ0) is 8.60. The summed E-state index contributed by atoms with van der Waals surface area (Å²) in [6.45, 7) is 2.19. The predicted molar refractivity (Wildman–Crippen MR) is 54.5 cm³/mol. The van der Waals surface area contributed by atoms with E-state index in [4.69, 9.17) is 5.73 Å². The lowest BCUT2D eigenvalue weighted by atomic mass is 9.95. The minimum atomic E-state index is -0.154. The minimum Gasteiger partial charge on any atom is -0.318 e. The molecule has 2 rings (SSSR count). The topological polar surface area (TPSA) is 38.9 Å². The maximum Gasteiger partial charge on any atom is 0.114 e. The van der Waals surface area contributed by atoms with E-state index < -0.39 is 0 Å². The van der Waals surface area contributed by atoms with Gasteiger partial charge in [-0.25, -0.2) is 4.98 Å². The monoisotopic (exact) mass is 200 g/mol. The van der Waals surface area contributed by atoms with Gasteiger partial charge in [0.25, 0.3) is 0 Å². The highest BCUT2D eigenvalue weighted by Gasteiger charge is 2.40. The van der Waals surface area contributed by atoms with Crippen molar-refractivity contribution in [3.05, 3.63) is 16.6 Å². The fraction of sp³-hybridized carbons (Fsp3) is 0.625. The molecule has 2 nitrogen and oxygen atoms in total. The van der Waals surface area contributed by atoms with E-state index in [1.54, 1.807) is 11.3 Å². The molecule has 0 spiro atoms. The lowest BCUT2D eigenvalue weighted by molar-refractivity contribution is 0.446. The van der Waals surface area contributed by atoms with Crippen molar-refractivity contribution < 1.29 is 0 Å². The number of aromatic nitrogens is 1. The lowest BCUT2D eigenvalue weighted by Crippen LogP contribution is -2.41. The molecule has 4 heteroatoms. The van der Waals surface area contributed by atoms with E-state index >= 15 is 0 Å². The molecule has 0 amide bonds. The van der Waals surface area contributed by atoms with Gasteiger partial charge in [-0.2, -0.15) is 11.8 Å². The molecule has 2 atom stereocenters. The summed E-state index contributed by atoms with van der Waals surface area (Å²) in [5, 5.41) is 3.60. The fourth-order valence-electron chi connectivity index (χ4n) is 1.49. The SMILES string of the molecule is CC1SCCC1(N)c1nccs1. The van der Waals surface area contributed by atoms with Crippen LogP contribution in [0.1, 0.15) is 18.4 Å². The average Bonchev–Trinajstić information content (AvgIpc) is 2.62. The van der Waals surface area contributed by atoms with Crippen molar-refractivity contribution in [1.82, 2.24) is 4.98 Å². The highest BCUT2D eigenvalue weighted by Crippen LogP contribution is 2.41. The quantitative estimate of drug-likeness (QED) is 0.751. The Balaban J connectivity index is 2.32. The predicted octanol–water partition coefficient (Wildman–Crippen LogP) is 1.82. The Morgan fingerprint density at radius 3 is 3.08 bits per heavy atom. The maximum atomic E-state index is 6.30. The molecule has 0 bridgehead atoms. The molecule has 2 heterocycles. The Hall–Kier alpha value is -0.0600. The second-order valence-electron chi connectivity index (χ2n) is 3.14. The second-order valence-corrected chi connectivity index (χ2v) is 5.48. The summed E-state index contributed by atoms with van der Waals surface area (Å²) >= 11 is 3.62. The van der Waals surface area contributed by atoms with Crippen LogP contribution >= 0.6 is 23.1 Å². The van der Waals surface area contributed by atoms with Gasteiger partial charge in [0.1, 0.15) is 5.01 Å². The van der Waals surface area contributed by atoms with Gasteiger partial charge in [-0.15, -0.1) is 11.3 Å². The van der Waals surface area contributed by atoms with Gasteiger partial charge in [-0.1, -0.05) is 6.92 Å². The summed E-state index contributed by atoms with van der Waals surface area (Å²) in [5.74, 6) is 1.16. The smallest absolute Gasteiger partial charge is 0.114 e. The van der Waals surface area contributed by atoms with Gasteiger partial charge in [0.05, 0.1) is 5.54 Å². The molecule has 0 saturated carbocycles. The minimum absolute atomic E-state index is 0.154. The molecule has 1 aromatic rings. The molecular formula is C8H12N2S2. The molecule has 0 radical (unpaired) electrons. The van der Waals surface area contributed by atoms with Gasteiger partial charge in [0, 0.05) is 16.8 Å². The number of thioether (sulfide) groups is 1. The van der Waals surface area contributed by atoms with E-state index in [2.05, 4.69) is 11.9 Å². The Bertz CT molecular complexity index is 260. The maximum absolute atomic E-state index is 6.30. The Kier molecular flexibility index (Phi) is 2.14. The molecule has 66 valence electrons. The number of hydrogen-bond donors (Lipinski definition) is 1. The first-order valence-corrected chi connectivity index (χ1v) is 5.97. The lowest BCUT2D eigenvalue weighted by Gasteiger charge is -2.25. The van der Waals surface area contributed by atoms with Gasteiger partial charge < -0.3 is 5.73 Å². The highest BCUT2D eigenvalue weighted by atomic mass is 32.2. The zero-order valence-corrected chi connectivity index (χ0v) is 8.62. The van der Waals surface area contributed by atoms with Crippen LogP contribution < -0.4 is 5.73 Å². The van der Waals surface area contributed by atoms with Crippen molar-refractivity contribution in [2.75, 3.05) is 5.75 Å². The highest BCUT2D eigenvalue weighted by molar-refractivity contribution is 8.00. The first-order valence-electron chi connectivity index (χ1n) is 4.04. The summed E-state index contributed by atoms with van der Waals surface area (Å²) in [5.41, 5.74) is 6.14. The third-order valence-corrected chi connectivity index (χ3v) is 4.77. The number of nitrogens with zero attached hydrogens (tertiary/aromatic N) is 1. The van der Waals surface area contributed by atoms with Crippen LogP contribution in [0.3, 0.4) is 0 Å². The second kappa shape index (κ2) is 3.01. The summed E-state index contributed by atoms with van der Waals surface area (Å²) in [6.07, 6.45) is 2.90. The molecule has 1 aliphatic heterocycles. The first-order chi connectivity index (χ1) is 5.73. The molecule has 1 fully saturated rings. The van der Waals surface area contributed by atoms with Crippen LogP contribution in [0, 0.1) is 0 Å². The summed E-state index contributed by atoms with van der Waals surface area (Å²) in [7, 11) is 0. The Morgan fingerprint density at radius 1 is 1.75 bits per heavy atom. The summed E-state index contributed by atoms with van der Waals surface area (Å²) in [4.78, 5) is 4.30. The molecule has 2 unspecified atom stereocenters. The third kappa shape index (κ3) is 1.18. The van der Waals surface area contributed by atoms with E-state index in [0.29, 0.717) is 5.25 Å². The zero-order valence-electron chi connectivity index (χ0n) is 6.99. The van der Waals surface area contributed by atoms with Gasteiger partial charge in [-0.05, 0) is 12.2 Å². The number of thiazole rings is 1. The van der Waals surface area contributed by atoms with Gasteiger partial charge in [0.2, 0.25) is 0 Å². The normalized spacial score (nSPS) is 35.7. The Labute approximate surface area is 80.6 Å². The average molecular weight is 200 g/mol. The van der Waals surface area contributed by atoms with Crippen LogP contribution in [0.4, 0.5) is 0 Å². The number of hydrogen-bond acceptors (Lipinski definition) is 4. The molecule has 1 aliphatic rings. The van der Waals surface area contributed by atoms with Gasteiger partial charge in [0.15, 0.2) is 0 Å². The largest absolute Gasteiger partial charge is 0.318 e. The van der Waals surface area contributed by atoms with E-state index in [1.807, 2.05) is 23.3 Å². The molecular weight excluding hydrogens is 188 g/mol. The van der Waals surface area contributed by atoms with Crippen molar-refractivity contribution in [2.24, 2.45) is 5.73 Å². The summed E-state index contributed by atoms with van der Waals surface area (Å²) in [6, 6.07) is 0. The molecule has 0 aromatic carbocycles.